The van der Waals surface area contributed by atoms with Gasteiger partial charge in [0, 0.05) is 10.0 Å². The number of hydrogen-bond acceptors (Lipinski definition) is 3. The van der Waals surface area contributed by atoms with E-state index in [0.29, 0.717) is 29.8 Å². The van der Waals surface area contributed by atoms with Crippen LogP contribution in [0.1, 0.15) is 25.2 Å². The highest BCUT2D eigenvalue weighted by Crippen LogP contribution is 2.29. The zero-order chi connectivity index (χ0) is 15.2. The fraction of sp³-hybridized carbons (Fsp3) is 0.375. The van der Waals surface area contributed by atoms with Crippen molar-refractivity contribution < 1.29 is 9.15 Å². The Kier molecular flexibility index (Phi) is 6.15. The van der Waals surface area contributed by atoms with Gasteiger partial charge in [-0.05, 0) is 36.7 Å². The Morgan fingerprint density at radius 3 is 2.90 bits per heavy atom. The third-order valence-corrected chi connectivity index (χ3v) is 3.76. The van der Waals surface area contributed by atoms with Crippen LogP contribution < -0.4 is 10.1 Å². The number of nitrogens with one attached hydrogen (secondary N) is 1. The zero-order valence-corrected chi connectivity index (χ0v) is 14.5. The van der Waals surface area contributed by atoms with Crippen LogP contribution in [0.2, 0.25) is 5.02 Å². The molecule has 0 radical (unpaired) electrons. The van der Waals surface area contributed by atoms with Crippen LogP contribution in [0.4, 0.5) is 0 Å². The maximum atomic E-state index is 6.11. The van der Waals surface area contributed by atoms with Gasteiger partial charge in [-0.3, -0.25) is 0 Å². The number of furan rings is 1. The molecule has 0 unspecified atom stereocenters. The van der Waals surface area contributed by atoms with Crippen LogP contribution in [0.3, 0.4) is 0 Å². The van der Waals surface area contributed by atoms with Crippen LogP contribution in [0.5, 0.6) is 5.75 Å². The van der Waals surface area contributed by atoms with Gasteiger partial charge in [0.25, 0.3) is 0 Å². The third kappa shape index (κ3) is 5.06. The van der Waals surface area contributed by atoms with E-state index >= 15 is 0 Å². The maximum Gasteiger partial charge on any atom is 0.139 e. The number of rotatable bonds is 7. The molecule has 0 bridgehead atoms. The average Bonchev–Trinajstić information content (AvgIpc) is 2.87. The van der Waals surface area contributed by atoms with Crippen molar-refractivity contribution in [1.29, 1.82) is 0 Å². The van der Waals surface area contributed by atoms with Crippen LogP contribution in [0, 0.1) is 5.92 Å². The summed E-state index contributed by atoms with van der Waals surface area (Å²) >= 11 is 9.52. The van der Waals surface area contributed by atoms with Gasteiger partial charge in [-0.2, -0.15) is 0 Å². The molecule has 0 aliphatic rings. The molecule has 0 fully saturated rings. The van der Waals surface area contributed by atoms with E-state index in [-0.39, 0.29) is 0 Å². The van der Waals surface area contributed by atoms with Crippen LogP contribution in [0.15, 0.2) is 39.4 Å². The summed E-state index contributed by atoms with van der Waals surface area (Å²) in [5, 5.41) is 3.96. The molecule has 3 nitrogen and oxygen atoms in total. The first-order chi connectivity index (χ1) is 10.1. The summed E-state index contributed by atoms with van der Waals surface area (Å²) in [6.45, 7) is 6.45. The minimum Gasteiger partial charge on any atom is -0.487 e. The van der Waals surface area contributed by atoms with Crippen LogP contribution in [0.25, 0.3) is 0 Å². The van der Waals surface area contributed by atoms with Gasteiger partial charge < -0.3 is 14.5 Å². The first kappa shape index (κ1) is 16.4. The second-order valence-electron chi connectivity index (χ2n) is 5.26. The molecule has 0 aliphatic carbocycles. The summed E-state index contributed by atoms with van der Waals surface area (Å²) in [5.41, 5.74) is 1.03. The van der Waals surface area contributed by atoms with Gasteiger partial charge >= 0.3 is 0 Å². The molecular formula is C16H19BrClNO2. The Bertz CT molecular complexity index is 583. The molecule has 1 aromatic carbocycles. The second kappa shape index (κ2) is 7.87. The molecule has 1 aromatic heterocycles. The molecule has 21 heavy (non-hydrogen) atoms. The minimum absolute atomic E-state index is 0.436. The Morgan fingerprint density at radius 2 is 2.14 bits per heavy atom. The summed E-state index contributed by atoms with van der Waals surface area (Å²) in [7, 11) is 0. The van der Waals surface area contributed by atoms with Crippen molar-refractivity contribution in [1.82, 2.24) is 5.32 Å². The summed E-state index contributed by atoms with van der Waals surface area (Å²) in [4.78, 5) is 0. The highest BCUT2D eigenvalue weighted by Gasteiger charge is 2.09. The first-order valence-electron chi connectivity index (χ1n) is 6.90. The largest absolute Gasteiger partial charge is 0.487 e. The quantitative estimate of drug-likeness (QED) is 0.741. The summed E-state index contributed by atoms with van der Waals surface area (Å²) in [6.07, 6.45) is 1.69. The normalized spacial score (nSPS) is 11.1. The van der Waals surface area contributed by atoms with Gasteiger partial charge in [0.05, 0.1) is 17.8 Å². The second-order valence-corrected chi connectivity index (χ2v) is 6.58. The highest BCUT2D eigenvalue weighted by molar-refractivity contribution is 9.10. The van der Waals surface area contributed by atoms with Gasteiger partial charge in [0.1, 0.15) is 18.1 Å². The molecule has 0 spiro atoms. The average molecular weight is 373 g/mol. The van der Waals surface area contributed by atoms with Gasteiger partial charge in [-0.25, -0.2) is 0 Å². The summed E-state index contributed by atoms with van der Waals surface area (Å²) in [5.74, 6) is 2.18. The molecule has 5 heteroatoms. The molecule has 1 heterocycles. The molecule has 1 N–H and O–H groups in total. The van der Waals surface area contributed by atoms with Crippen molar-refractivity contribution in [2.45, 2.75) is 27.0 Å². The van der Waals surface area contributed by atoms with E-state index in [0.717, 1.165) is 22.3 Å². The molecule has 2 rings (SSSR count). The Labute approximate surface area is 138 Å². The zero-order valence-electron chi connectivity index (χ0n) is 12.2. The molecule has 0 saturated carbocycles. The predicted molar refractivity (Wildman–Crippen MR) is 88.7 cm³/mol. The third-order valence-electron chi connectivity index (χ3n) is 2.95. The van der Waals surface area contributed by atoms with Crippen molar-refractivity contribution in [3.63, 3.8) is 0 Å². The molecule has 2 aromatic rings. The monoisotopic (exact) mass is 371 g/mol. The summed E-state index contributed by atoms with van der Waals surface area (Å²) < 4.78 is 12.2. The van der Waals surface area contributed by atoms with Gasteiger partial charge in [0.15, 0.2) is 0 Å². The van der Waals surface area contributed by atoms with Crippen LogP contribution >= 0.6 is 27.5 Å². The fourth-order valence-electron chi connectivity index (χ4n) is 1.87. The van der Waals surface area contributed by atoms with Crippen molar-refractivity contribution in [3.05, 3.63) is 51.3 Å². The van der Waals surface area contributed by atoms with E-state index in [1.165, 1.54) is 0 Å². The minimum atomic E-state index is 0.436. The van der Waals surface area contributed by atoms with Crippen molar-refractivity contribution in [2.24, 2.45) is 5.92 Å². The topological polar surface area (TPSA) is 34.4 Å². The smallest absolute Gasteiger partial charge is 0.139 e. The fourth-order valence-corrected chi connectivity index (χ4v) is 2.38. The number of hydrogen-bond donors (Lipinski definition) is 1. The van der Waals surface area contributed by atoms with Crippen LogP contribution in [-0.2, 0) is 13.2 Å². The Hall–Kier alpha value is -0.970. The predicted octanol–water partition coefficient (Wildman–Crippen LogP) is 5.02. The molecule has 114 valence electrons. The van der Waals surface area contributed by atoms with E-state index in [9.17, 15) is 0 Å². The number of benzene rings is 1. The Balaban J connectivity index is 1.94. The standard InChI is InChI=1S/C16H19BrClNO2/c1-11(2)8-19-9-16-12(5-6-20-16)10-21-15-7-13(17)3-4-14(15)18/h3-7,11,19H,8-10H2,1-2H3. The Morgan fingerprint density at radius 1 is 1.33 bits per heavy atom. The maximum absolute atomic E-state index is 6.11. The molecule has 0 amide bonds. The van der Waals surface area contributed by atoms with Gasteiger partial charge in [-0.1, -0.05) is 41.4 Å². The number of ether oxygens (including phenoxy) is 1. The first-order valence-corrected chi connectivity index (χ1v) is 8.07. The van der Waals surface area contributed by atoms with Crippen molar-refractivity contribution in [3.8, 4) is 5.75 Å². The lowest BCUT2D eigenvalue weighted by molar-refractivity contribution is 0.301. The van der Waals surface area contributed by atoms with E-state index < -0.39 is 0 Å². The SMILES string of the molecule is CC(C)CNCc1occc1COc1cc(Br)ccc1Cl. The summed E-state index contributed by atoms with van der Waals surface area (Å²) in [6, 6.07) is 7.48. The number of halogens is 2. The van der Waals surface area contributed by atoms with E-state index in [2.05, 4.69) is 35.1 Å². The van der Waals surface area contributed by atoms with E-state index in [4.69, 9.17) is 20.8 Å². The molecule has 0 aliphatic heterocycles. The van der Waals surface area contributed by atoms with Gasteiger partial charge in [0.2, 0.25) is 0 Å². The molecule has 0 atom stereocenters. The highest BCUT2D eigenvalue weighted by atomic mass is 79.9. The van der Waals surface area contributed by atoms with E-state index in [1.54, 1.807) is 12.3 Å². The van der Waals surface area contributed by atoms with Crippen molar-refractivity contribution >= 4 is 27.5 Å². The van der Waals surface area contributed by atoms with E-state index in [1.807, 2.05) is 18.2 Å². The lowest BCUT2D eigenvalue weighted by Gasteiger charge is -2.10. The lowest BCUT2D eigenvalue weighted by atomic mass is 10.2. The van der Waals surface area contributed by atoms with Gasteiger partial charge in [-0.15, -0.1) is 0 Å². The molecular weight excluding hydrogens is 354 g/mol. The lowest BCUT2D eigenvalue weighted by Crippen LogP contribution is -2.19. The van der Waals surface area contributed by atoms with Crippen molar-refractivity contribution in [2.75, 3.05) is 6.54 Å². The molecule has 0 saturated heterocycles. The van der Waals surface area contributed by atoms with Crippen LogP contribution in [-0.4, -0.2) is 6.54 Å².